The molecule has 43 heavy (non-hydrogen) atoms. The molecule has 0 aromatic heterocycles. The van der Waals surface area contributed by atoms with Gasteiger partial charge in [0.15, 0.2) is 0 Å². The number of aliphatic hydroxyl groups is 1. The van der Waals surface area contributed by atoms with Crippen LogP contribution in [0.3, 0.4) is 0 Å². The van der Waals surface area contributed by atoms with Crippen molar-refractivity contribution in [2.24, 2.45) is 0 Å². The number of esters is 1. The Kier molecular flexibility index (Phi) is 25.5. The standard InChI is InChI=1S/C35H61O6PS/c1-4-6-8-10-11-12-13-14-15-17-22-29-43-33(26-21-16-9-7-5-2)31(3)39-27-23-28-41-35(37,42-38)34(36)40-30-32-24-19-18-20-25-32/h18-20,24-25,31,33,37H,4-17,21-23,26-30H2,1-3H3. The van der Waals surface area contributed by atoms with E-state index in [4.69, 9.17) is 14.2 Å². The van der Waals surface area contributed by atoms with Crippen molar-refractivity contribution in [2.75, 3.05) is 19.0 Å². The minimum atomic E-state index is -2.51. The molecule has 8 heteroatoms. The number of carbonyl (C=O) groups excluding carboxylic acids is 1. The molecule has 0 saturated heterocycles. The first kappa shape index (κ1) is 40.0. The van der Waals surface area contributed by atoms with E-state index < -0.39 is 20.0 Å². The van der Waals surface area contributed by atoms with Crippen LogP contribution in [0, 0.1) is 0 Å². The largest absolute Gasteiger partial charge is 0.456 e. The van der Waals surface area contributed by atoms with Crippen LogP contribution in [-0.2, 0) is 30.2 Å². The third kappa shape index (κ3) is 20.6. The van der Waals surface area contributed by atoms with Gasteiger partial charge in [-0.15, -0.1) is 0 Å². The fraction of sp³-hybridized carbons (Fsp3) is 0.800. The van der Waals surface area contributed by atoms with Crippen molar-refractivity contribution in [1.82, 2.24) is 0 Å². The van der Waals surface area contributed by atoms with Gasteiger partial charge in [0.2, 0.25) is 8.46 Å². The van der Waals surface area contributed by atoms with E-state index in [-0.39, 0.29) is 19.3 Å². The highest BCUT2D eigenvalue weighted by atomic mass is 32.2. The van der Waals surface area contributed by atoms with E-state index in [0.29, 0.717) is 18.3 Å². The lowest BCUT2D eigenvalue weighted by atomic mass is 10.1. The minimum Gasteiger partial charge on any atom is -0.456 e. The Morgan fingerprint density at radius 1 is 0.814 bits per heavy atom. The predicted octanol–water partition coefficient (Wildman–Crippen LogP) is 10.3. The van der Waals surface area contributed by atoms with E-state index in [0.717, 1.165) is 12.0 Å². The molecular weight excluding hydrogens is 579 g/mol. The molecule has 1 rings (SSSR count). The molecule has 1 aromatic carbocycles. The maximum absolute atomic E-state index is 12.3. The molecule has 0 spiro atoms. The van der Waals surface area contributed by atoms with Gasteiger partial charge in [0.25, 0.3) is 0 Å². The quantitative estimate of drug-likeness (QED) is 0.0388. The van der Waals surface area contributed by atoms with Crippen molar-refractivity contribution in [2.45, 2.75) is 160 Å². The molecular formula is C35H61O6PS. The summed E-state index contributed by atoms with van der Waals surface area (Å²) in [6, 6.07) is 9.11. The van der Waals surface area contributed by atoms with Gasteiger partial charge in [-0.25, -0.2) is 4.79 Å². The Morgan fingerprint density at radius 3 is 1.95 bits per heavy atom. The highest BCUT2D eigenvalue weighted by Crippen LogP contribution is 2.27. The van der Waals surface area contributed by atoms with Crippen LogP contribution in [0.1, 0.15) is 142 Å². The topological polar surface area (TPSA) is 82.1 Å². The Balaban J connectivity index is 2.31. The van der Waals surface area contributed by atoms with Gasteiger partial charge in [-0.05, 0) is 37.5 Å². The van der Waals surface area contributed by atoms with Crippen molar-refractivity contribution in [3.63, 3.8) is 0 Å². The zero-order valence-corrected chi connectivity index (χ0v) is 29.2. The van der Waals surface area contributed by atoms with Crippen LogP contribution in [0.25, 0.3) is 0 Å². The fourth-order valence-electron chi connectivity index (χ4n) is 4.99. The molecule has 248 valence electrons. The molecule has 0 radical (unpaired) electrons. The second kappa shape index (κ2) is 27.3. The lowest BCUT2D eigenvalue weighted by Crippen LogP contribution is -2.37. The third-order valence-electron chi connectivity index (χ3n) is 7.77. The zero-order chi connectivity index (χ0) is 31.4. The first-order valence-corrected chi connectivity index (χ1v) is 19.0. The van der Waals surface area contributed by atoms with Crippen LogP contribution in [0.2, 0.25) is 0 Å². The summed E-state index contributed by atoms with van der Waals surface area (Å²) in [4.78, 5) is 12.3. The number of ether oxygens (including phenoxy) is 3. The lowest BCUT2D eigenvalue weighted by molar-refractivity contribution is -0.197. The normalized spacial score (nSPS) is 14.4. The van der Waals surface area contributed by atoms with Crippen LogP contribution in [0.5, 0.6) is 0 Å². The van der Waals surface area contributed by atoms with Crippen molar-refractivity contribution in [3.8, 4) is 0 Å². The summed E-state index contributed by atoms with van der Waals surface area (Å²) in [6.07, 6.45) is 23.1. The van der Waals surface area contributed by atoms with Gasteiger partial charge in [0.1, 0.15) is 6.61 Å². The van der Waals surface area contributed by atoms with Crippen molar-refractivity contribution in [3.05, 3.63) is 35.9 Å². The second-order valence-electron chi connectivity index (χ2n) is 11.7. The van der Waals surface area contributed by atoms with E-state index in [1.807, 2.05) is 18.2 Å². The summed E-state index contributed by atoms with van der Waals surface area (Å²) in [5, 5.41) is 10.9. The first-order chi connectivity index (χ1) is 21.0. The zero-order valence-electron chi connectivity index (χ0n) is 27.4. The molecule has 0 saturated carbocycles. The number of hydrogen-bond acceptors (Lipinski definition) is 7. The molecule has 0 amide bonds. The van der Waals surface area contributed by atoms with E-state index in [1.54, 1.807) is 12.1 Å². The number of benzene rings is 1. The predicted molar refractivity (Wildman–Crippen MR) is 181 cm³/mol. The molecule has 0 aliphatic heterocycles. The van der Waals surface area contributed by atoms with Crippen LogP contribution < -0.4 is 0 Å². The van der Waals surface area contributed by atoms with Crippen LogP contribution in [0.4, 0.5) is 0 Å². The maximum Gasteiger partial charge on any atom is 0.380 e. The van der Waals surface area contributed by atoms with Crippen LogP contribution in [-0.4, -0.2) is 46.9 Å². The number of thioether (sulfide) groups is 1. The number of carbonyl (C=O) groups is 1. The van der Waals surface area contributed by atoms with Crippen LogP contribution >= 0.6 is 20.2 Å². The number of rotatable bonds is 30. The molecule has 0 heterocycles. The molecule has 3 atom stereocenters. The Morgan fingerprint density at radius 2 is 1.37 bits per heavy atom. The molecule has 0 bridgehead atoms. The van der Waals surface area contributed by atoms with Crippen LogP contribution in [0.15, 0.2) is 30.3 Å². The highest BCUT2D eigenvalue weighted by Gasteiger charge is 2.41. The highest BCUT2D eigenvalue weighted by molar-refractivity contribution is 7.99. The summed E-state index contributed by atoms with van der Waals surface area (Å²) < 4.78 is 28.1. The molecule has 0 aliphatic rings. The third-order valence-corrected chi connectivity index (χ3v) is 9.90. The van der Waals surface area contributed by atoms with Gasteiger partial charge in [0.05, 0.1) is 12.7 Å². The molecule has 0 aliphatic carbocycles. The van der Waals surface area contributed by atoms with Gasteiger partial charge < -0.3 is 19.3 Å². The van der Waals surface area contributed by atoms with E-state index in [2.05, 4.69) is 32.5 Å². The first-order valence-electron chi connectivity index (χ1n) is 17.1. The monoisotopic (exact) mass is 640 g/mol. The van der Waals surface area contributed by atoms with Gasteiger partial charge in [-0.1, -0.05) is 140 Å². The average Bonchev–Trinajstić information content (AvgIpc) is 3.03. The van der Waals surface area contributed by atoms with E-state index in [1.165, 1.54) is 108 Å². The van der Waals surface area contributed by atoms with Gasteiger partial charge in [-0.3, -0.25) is 4.57 Å². The Labute approximate surface area is 269 Å². The number of hydrogen-bond donors (Lipinski definition) is 1. The second-order valence-corrected chi connectivity index (χ2v) is 13.8. The molecule has 1 N–H and O–H groups in total. The molecule has 6 nitrogen and oxygen atoms in total. The van der Waals surface area contributed by atoms with Crippen molar-refractivity contribution >= 4 is 26.2 Å². The van der Waals surface area contributed by atoms with Gasteiger partial charge in [0, 0.05) is 11.9 Å². The lowest BCUT2D eigenvalue weighted by Gasteiger charge is -2.24. The SMILES string of the molecule is CCCCCCCCCCCCCSC(CCCCCCC)C(C)OCCCOC(O)(P=O)C(=O)OCc1ccccc1. The number of unbranched alkanes of at least 4 members (excludes halogenated alkanes) is 14. The van der Waals surface area contributed by atoms with E-state index >= 15 is 0 Å². The Hall–Kier alpha value is -0.980. The fourth-order valence-corrected chi connectivity index (χ4v) is 6.63. The summed E-state index contributed by atoms with van der Waals surface area (Å²) in [5.41, 5.74) is -1.74. The maximum atomic E-state index is 12.3. The summed E-state index contributed by atoms with van der Waals surface area (Å²) in [5.74, 6) is 0.109. The average molecular weight is 641 g/mol. The Bertz CT molecular complexity index is 798. The summed E-state index contributed by atoms with van der Waals surface area (Å²) in [7, 11) is -0.850. The summed E-state index contributed by atoms with van der Waals surface area (Å²) >= 11 is 2.05. The molecule has 0 fully saturated rings. The van der Waals surface area contributed by atoms with Crippen molar-refractivity contribution < 1.29 is 28.7 Å². The smallest absolute Gasteiger partial charge is 0.380 e. The summed E-state index contributed by atoms with van der Waals surface area (Å²) in [6.45, 7) is 7.12. The molecule has 1 aromatic rings. The van der Waals surface area contributed by atoms with Gasteiger partial charge in [-0.2, -0.15) is 11.8 Å². The minimum absolute atomic E-state index is 0.0296. The van der Waals surface area contributed by atoms with E-state index in [9.17, 15) is 14.5 Å². The van der Waals surface area contributed by atoms with Crippen molar-refractivity contribution in [1.29, 1.82) is 0 Å². The molecule has 3 unspecified atom stereocenters. The van der Waals surface area contributed by atoms with Gasteiger partial charge >= 0.3 is 11.5 Å².